The number of pyridine rings is 1. The molecular formula is C18H19NO4. The second-order valence-corrected chi connectivity index (χ2v) is 5.33. The van der Waals surface area contributed by atoms with Gasteiger partial charge in [0, 0.05) is 6.07 Å². The molecule has 2 aromatic rings. The second kappa shape index (κ2) is 6.40. The van der Waals surface area contributed by atoms with Crippen LogP contribution in [0.5, 0.6) is 5.75 Å². The van der Waals surface area contributed by atoms with Gasteiger partial charge < -0.3 is 19.4 Å². The number of benzene rings is 1. The van der Waals surface area contributed by atoms with Crippen LogP contribution in [0.15, 0.2) is 43.5 Å². The van der Waals surface area contributed by atoms with Crippen molar-refractivity contribution in [1.29, 1.82) is 0 Å². The molecule has 1 aromatic heterocycles. The predicted molar refractivity (Wildman–Crippen MR) is 88.2 cm³/mol. The van der Waals surface area contributed by atoms with Crippen molar-refractivity contribution in [2.45, 2.75) is 6.10 Å². The lowest BCUT2D eigenvalue weighted by Gasteiger charge is -2.22. The van der Waals surface area contributed by atoms with E-state index < -0.39 is 0 Å². The number of hydrogen-bond donors (Lipinski definition) is 0. The Labute approximate surface area is 135 Å². The van der Waals surface area contributed by atoms with Crippen LogP contribution < -0.4 is 9.47 Å². The van der Waals surface area contributed by atoms with Crippen molar-refractivity contribution < 1.29 is 18.9 Å². The molecule has 0 bridgehead atoms. The molecule has 0 spiro atoms. The Bertz CT molecular complexity index is 763. The van der Waals surface area contributed by atoms with Gasteiger partial charge in [0.2, 0.25) is 11.2 Å². The maximum Gasteiger partial charge on any atom is 0.232 e. The smallest absolute Gasteiger partial charge is 0.232 e. The summed E-state index contributed by atoms with van der Waals surface area (Å²) in [6.07, 6.45) is 1.26. The maximum atomic E-state index is 12.9. The Hall–Kier alpha value is -2.37. The van der Waals surface area contributed by atoms with Gasteiger partial charge in [0.15, 0.2) is 6.10 Å². The van der Waals surface area contributed by atoms with Crippen LogP contribution in [0, 0.1) is 5.21 Å². The van der Waals surface area contributed by atoms with Gasteiger partial charge >= 0.3 is 0 Å². The van der Waals surface area contributed by atoms with Crippen LogP contribution in [0.25, 0.3) is 16.5 Å². The third-order valence-electron chi connectivity index (χ3n) is 3.96. The average molecular weight is 313 g/mol. The zero-order chi connectivity index (χ0) is 16.4. The molecular weight excluding hydrogens is 294 g/mol. The van der Waals surface area contributed by atoms with Gasteiger partial charge in [0.25, 0.3) is 0 Å². The first-order valence-electron chi connectivity index (χ1n) is 7.41. The standard InChI is InChI=1S/C18H19NO4/c1-4-12(2)15-10-14(21-3)9-13-5-6-16(19(20)18(13)15)17-11-22-7-8-23-17/h4-6,9-10,17H,1-2,7-8,11H2,3H3/t17-/m0/s1. The molecule has 0 amide bonds. The van der Waals surface area contributed by atoms with E-state index in [4.69, 9.17) is 14.2 Å². The Morgan fingerprint density at radius 3 is 2.87 bits per heavy atom. The number of allylic oxidation sites excluding steroid dienone is 2. The van der Waals surface area contributed by atoms with Crippen LogP contribution in [0.3, 0.4) is 0 Å². The van der Waals surface area contributed by atoms with Gasteiger partial charge in [0.05, 0.1) is 37.9 Å². The molecule has 0 saturated carbocycles. The highest BCUT2D eigenvalue weighted by Gasteiger charge is 2.26. The third-order valence-corrected chi connectivity index (χ3v) is 3.96. The molecule has 120 valence electrons. The van der Waals surface area contributed by atoms with Crippen LogP contribution in [0.1, 0.15) is 17.4 Å². The lowest BCUT2D eigenvalue weighted by molar-refractivity contribution is -0.592. The van der Waals surface area contributed by atoms with Gasteiger partial charge in [-0.3, -0.25) is 0 Å². The summed E-state index contributed by atoms with van der Waals surface area (Å²) in [5.74, 6) is 0.667. The fraction of sp³-hybridized carbons (Fsp3) is 0.278. The van der Waals surface area contributed by atoms with Crippen LogP contribution in [0.2, 0.25) is 0 Å². The highest BCUT2D eigenvalue weighted by atomic mass is 16.6. The van der Waals surface area contributed by atoms with E-state index >= 15 is 0 Å². The Morgan fingerprint density at radius 1 is 1.39 bits per heavy atom. The van der Waals surface area contributed by atoms with E-state index in [0.717, 1.165) is 10.1 Å². The highest BCUT2D eigenvalue weighted by Crippen LogP contribution is 2.29. The summed E-state index contributed by atoms with van der Waals surface area (Å²) >= 11 is 0. The quantitative estimate of drug-likeness (QED) is 0.495. The number of hydrogen-bond acceptors (Lipinski definition) is 4. The van der Waals surface area contributed by atoms with Crippen LogP contribution in [-0.4, -0.2) is 26.9 Å². The maximum absolute atomic E-state index is 12.9. The van der Waals surface area contributed by atoms with Crippen molar-refractivity contribution in [3.8, 4) is 5.75 Å². The van der Waals surface area contributed by atoms with E-state index in [0.29, 0.717) is 47.9 Å². The predicted octanol–water partition coefficient (Wildman–Crippen LogP) is 2.77. The zero-order valence-corrected chi connectivity index (χ0v) is 13.1. The zero-order valence-electron chi connectivity index (χ0n) is 13.1. The minimum atomic E-state index is -0.363. The van der Waals surface area contributed by atoms with E-state index in [9.17, 15) is 5.21 Å². The molecule has 1 aliphatic rings. The highest BCUT2D eigenvalue weighted by molar-refractivity contribution is 5.92. The minimum absolute atomic E-state index is 0.363. The van der Waals surface area contributed by atoms with Crippen molar-refractivity contribution in [1.82, 2.24) is 0 Å². The van der Waals surface area contributed by atoms with E-state index in [-0.39, 0.29) is 6.10 Å². The molecule has 1 aromatic carbocycles. The van der Waals surface area contributed by atoms with Crippen molar-refractivity contribution in [2.24, 2.45) is 0 Å². The molecule has 1 saturated heterocycles. The van der Waals surface area contributed by atoms with E-state index in [1.165, 1.54) is 0 Å². The van der Waals surface area contributed by atoms with Crippen molar-refractivity contribution in [2.75, 3.05) is 26.9 Å². The number of rotatable bonds is 4. The SMILES string of the molecule is C=CC(=C)c1cc(OC)cc2ccc([C@@H]3COCCO3)[n+]([O-])c12. The summed E-state index contributed by atoms with van der Waals surface area (Å²) in [6, 6.07) is 7.28. The topological polar surface area (TPSA) is 54.6 Å². The van der Waals surface area contributed by atoms with Gasteiger partial charge in [-0.15, -0.1) is 0 Å². The van der Waals surface area contributed by atoms with Crippen molar-refractivity contribution in [3.63, 3.8) is 0 Å². The van der Waals surface area contributed by atoms with Gasteiger partial charge in [-0.1, -0.05) is 19.2 Å². The second-order valence-electron chi connectivity index (χ2n) is 5.33. The molecule has 1 aliphatic heterocycles. The van der Waals surface area contributed by atoms with E-state index in [2.05, 4.69) is 13.2 Å². The summed E-state index contributed by atoms with van der Waals surface area (Å²) in [5, 5.41) is 13.7. The Balaban J connectivity index is 2.22. The molecule has 5 heteroatoms. The summed E-state index contributed by atoms with van der Waals surface area (Å²) in [6.45, 7) is 9.13. The molecule has 23 heavy (non-hydrogen) atoms. The first-order chi connectivity index (χ1) is 11.2. The lowest BCUT2D eigenvalue weighted by Crippen LogP contribution is -2.38. The summed E-state index contributed by atoms with van der Waals surface area (Å²) in [5.41, 5.74) is 2.42. The molecule has 0 N–H and O–H groups in total. The fourth-order valence-electron chi connectivity index (χ4n) is 2.72. The summed E-state index contributed by atoms with van der Waals surface area (Å²) < 4.78 is 17.3. The van der Waals surface area contributed by atoms with E-state index in [1.807, 2.05) is 12.1 Å². The van der Waals surface area contributed by atoms with Gasteiger partial charge in [0.1, 0.15) is 5.75 Å². The lowest BCUT2D eigenvalue weighted by atomic mass is 10.0. The normalized spacial score (nSPS) is 17.9. The van der Waals surface area contributed by atoms with Crippen molar-refractivity contribution in [3.05, 3.63) is 60.0 Å². The Kier molecular flexibility index (Phi) is 4.32. The largest absolute Gasteiger partial charge is 0.618 e. The molecule has 0 aliphatic carbocycles. The van der Waals surface area contributed by atoms with Gasteiger partial charge in [-0.25, -0.2) is 0 Å². The minimum Gasteiger partial charge on any atom is -0.618 e. The molecule has 3 rings (SSSR count). The molecule has 2 heterocycles. The molecule has 0 unspecified atom stereocenters. The van der Waals surface area contributed by atoms with Crippen LogP contribution in [0.4, 0.5) is 0 Å². The molecule has 1 fully saturated rings. The number of aromatic nitrogens is 1. The summed E-state index contributed by atoms with van der Waals surface area (Å²) in [7, 11) is 1.59. The Morgan fingerprint density at radius 2 is 2.22 bits per heavy atom. The molecule has 1 atom stereocenters. The number of nitrogens with zero attached hydrogens (tertiary/aromatic N) is 1. The average Bonchev–Trinajstić information content (AvgIpc) is 2.61. The number of fused-ring (bicyclic) bond motifs is 1. The number of methoxy groups -OCH3 is 1. The van der Waals surface area contributed by atoms with Crippen molar-refractivity contribution >= 4 is 16.5 Å². The van der Waals surface area contributed by atoms with Gasteiger partial charge in [-0.2, -0.15) is 4.73 Å². The van der Waals surface area contributed by atoms with Crippen LogP contribution >= 0.6 is 0 Å². The monoisotopic (exact) mass is 313 g/mol. The first-order valence-corrected chi connectivity index (χ1v) is 7.41. The molecule has 5 nitrogen and oxygen atoms in total. The summed E-state index contributed by atoms with van der Waals surface area (Å²) in [4.78, 5) is 0. The van der Waals surface area contributed by atoms with Gasteiger partial charge in [-0.05, 0) is 23.8 Å². The molecule has 0 radical (unpaired) electrons. The third kappa shape index (κ3) is 2.81. The number of ether oxygens (including phenoxy) is 3. The van der Waals surface area contributed by atoms with E-state index in [1.54, 1.807) is 25.3 Å². The fourth-order valence-corrected chi connectivity index (χ4v) is 2.72. The van der Waals surface area contributed by atoms with Crippen LogP contribution in [-0.2, 0) is 9.47 Å². The first kappa shape index (κ1) is 15.5.